The van der Waals surface area contributed by atoms with Gasteiger partial charge in [-0.2, -0.15) is 5.26 Å². The molecule has 1 aromatic carbocycles. The molecule has 1 saturated heterocycles. The largest absolute Gasteiger partial charge is 0.364 e. The van der Waals surface area contributed by atoms with Gasteiger partial charge in [0.25, 0.3) is 5.91 Å². The average Bonchev–Trinajstić information content (AvgIpc) is 2.65. The maximum Gasteiger partial charge on any atom is 0.251 e. The van der Waals surface area contributed by atoms with Crippen molar-refractivity contribution in [1.82, 2.24) is 15.3 Å². The number of sulfone groups is 1. The lowest BCUT2D eigenvalue weighted by atomic mass is 10.1. The van der Waals surface area contributed by atoms with Gasteiger partial charge in [0.1, 0.15) is 26.9 Å². The van der Waals surface area contributed by atoms with Crippen LogP contribution in [0.2, 0.25) is 0 Å². The van der Waals surface area contributed by atoms with Crippen LogP contribution in [0.1, 0.15) is 12.5 Å². The summed E-state index contributed by atoms with van der Waals surface area (Å²) in [5.41, 5.74) is 2.30. The van der Waals surface area contributed by atoms with Crippen LogP contribution >= 0.6 is 0 Å². The zero-order chi connectivity index (χ0) is 20.3. The van der Waals surface area contributed by atoms with E-state index in [1.54, 1.807) is 18.3 Å². The van der Waals surface area contributed by atoms with Gasteiger partial charge in [-0.15, -0.1) is 0 Å². The van der Waals surface area contributed by atoms with Crippen molar-refractivity contribution in [2.75, 3.05) is 36.5 Å². The molecule has 148 valence electrons. The number of carbonyl (C=O) groups is 1. The highest BCUT2D eigenvalue weighted by Crippen LogP contribution is 2.28. The van der Waals surface area contributed by atoms with Gasteiger partial charge >= 0.3 is 0 Å². The van der Waals surface area contributed by atoms with Crippen LogP contribution in [-0.2, 0) is 19.4 Å². The second-order valence-electron chi connectivity index (χ2n) is 6.76. The Bertz CT molecular complexity index is 1030. The topological polar surface area (TPSA) is 125 Å². The third kappa shape index (κ3) is 4.55. The van der Waals surface area contributed by atoms with Crippen molar-refractivity contribution in [1.29, 1.82) is 5.26 Å². The number of nitriles is 1. The minimum absolute atomic E-state index is 0.0389. The first kappa shape index (κ1) is 20.0. The second kappa shape index (κ2) is 8.08. The van der Waals surface area contributed by atoms with Crippen LogP contribution in [0.5, 0.6) is 0 Å². The number of ether oxygens (including phenoxy) is 1. The van der Waals surface area contributed by atoms with E-state index in [2.05, 4.69) is 21.4 Å². The number of morpholine rings is 1. The number of fused-ring (bicyclic) bond motifs is 1. The van der Waals surface area contributed by atoms with Crippen LogP contribution in [-0.4, -0.2) is 68.1 Å². The van der Waals surface area contributed by atoms with Gasteiger partial charge in [-0.1, -0.05) is 0 Å². The van der Waals surface area contributed by atoms with Crippen molar-refractivity contribution in [3.05, 3.63) is 30.1 Å². The van der Waals surface area contributed by atoms with Crippen molar-refractivity contribution in [3.63, 3.8) is 0 Å². The number of hydrogen-bond donors (Lipinski definition) is 1. The van der Waals surface area contributed by atoms with Crippen molar-refractivity contribution in [2.45, 2.75) is 19.1 Å². The van der Waals surface area contributed by atoms with Gasteiger partial charge in [0.15, 0.2) is 6.10 Å². The summed E-state index contributed by atoms with van der Waals surface area (Å²) in [5.74, 6) is -0.482. The van der Waals surface area contributed by atoms with Gasteiger partial charge in [-0.25, -0.2) is 8.42 Å². The molecule has 0 radical (unpaired) electrons. The molecular formula is C18H21N5O4S. The molecule has 0 unspecified atom stereocenters. The summed E-state index contributed by atoms with van der Waals surface area (Å²) < 4.78 is 28.2. The zero-order valence-electron chi connectivity index (χ0n) is 15.6. The van der Waals surface area contributed by atoms with Gasteiger partial charge < -0.3 is 15.0 Å². The summed E-state index contributed by atoms with van der Waals surface area (Å²) >= 11 is 0. The first-order chi connectivity index (χ1) is 13.3. The molecule has 0 spiro atoms. The van der Waals surface area contributed by atoms with Crippen molar-refractivity contribution in [3.8, 4) is 6.07 Å². The molecule has 1 N–H and O–H groups in total. The van der Waals surface area contributed by atoms with Crippen molar-refractivity contribution in [2.24, 2.45) is 0 Å². The first-order valence-electron chi connectivity index (χ1n) is 8.78. The Hall–Kier alpha value is -2.77. The van der Waals surface area contributed by atoms with Gasteiger partial charge in [0.2, 0.25) is 0 Å². The monoisotopic (exact) mass is 403 g/mol. The van der Waals surface area contributed by atoms with E-state index >= 15 is 0 Å². The summed E-state index contributed by atoms with van der Waals surface area (Å²) in [7, 11) is -3.15. The third-order valence-corrected chi connectivity index (χ3v) is 5.34. The Kier molecular flexibility index (Phi) is 5.76. The second-order valence-corrected chi connectivity index (χ2v) is 9.02. The Morgan fingerprint density at radius 2 is 2.04 bits per heavy atom. The number of rotatable bonds is 5. The molecule has 9 nitrogen and oxygen atoms in total. The van der Waals surface area contributed by atoms with Gasteiger partial charge in [-0.3, -0.25) is 14.8 Å². The molecule has 0 bridgehead atoms. The predicted molar refractivity (Wildman–Crippen MR) is 104 cm³/mol. The van der Waals surface area contributed by atoms with E-state index in [9.17, 15) is 18.5 Å². The highest BCUT2D eigenvalue weighted by atomic mass is 32.2. The number of benzene rings is 1. The van der Waals surface area contributed by atoms with Crippen LogP contribution < -0.4 is 10.2 Å². The Balaban J connectivity index is 1.81. The Labute approximate surface area is 163 Å². The summed E-state index contributed by atoms with van der Waals surface area (Å²) in [5, 5.41) is 11.9. The van der Waals surface area contributed by atoms with Crippen molar-refractivity contribution >= 4 is 32.5 Å². The zero-order valence-corrected chi connectivity index (χ0v) is 16.4. The van der Waals surface area contributed by atoms with Gasteiger partial charge in [0.05, 0.1) is 29.7 Å². The van der Waals surface area contributed by atoms with E-state index in [1.165, 1.54) is 6.20 Å². The van der Waals surface area contributed by atoms with Crippen molar-refractivity contribution < 1.29 is 17.9 Å². The smallest absolute Gasteiger partial charge is 0.251 e. The number of hydrogen-bond acceptors (Lipinski definition) is 8. The van der Waals surface area contributed by atoms with Crippen LogP contribution in [0, 0.1) is 11.3 Å². The maximum absolute atomic E-state index is 12.4. The van der Waals surface area contributed by atoms with Crippen LogP contribution in [0.15, 0.2) is 24.5 Å². The fourth-order valence-electron chi connectivity index (χ4n) is 3.15. The highest BCUT2D eigenvalue weighted by Gasteiger charge is 2.31. The van der Waals surface area contributed by atoms with Crippen LogP contribution in [0.3, 0.4) is 0 Å². The van der Waals surface area contributed by atoms with E-state index in [1.807, 2.05) is 11.8 Å². The molecule has 2 heterocycles. The van der Waals surface area contributed by atoms with E-state index in [4.69, 9.17) is 4.74 Å². The lowest BCUT2D eigenvalue weighted by molar-refractivity contribution is -0.137. The molecule has 0 saturated carbocycles. The Morgan fingerprint density at radius 3 is 2.71 bits per heavy atom. The fraction of sp³-hybridized carbons (Fsp3) is 0.444. The van der Waals surface area contributed by atoms with Crippen LogP contribution in [0.4, 0.5) is 5.69 Å². The minimum atomic E-state index is -3.15. The maximum atomic E-state index is 12.4. The molecule has 0 aliphatic carbocycles. The minimum Gasteiger partial charge on any atom is -0.364 e. The summed E-state index contributed by atoms with van der Waals surface area (Å²) in [6.07, 6.45) is 3.25. The predicted octanol–water partition coefficient (Wildman–Crippen LogP) is 0.256. The van der Waals surface area contributed by atoms with E-state index < -0.39 is 15.9 Å². The highest BCUT2D eigenvalue weighted by molar-refractivity contribution is 7.90. The molecule has 3 rings (SSSR count). The fourth-order valence-corrected chi connectivity index (χ4v) is 3.63. The number of nitrogens with zero attached hydrogens (tertiary/aromatic N) is 4. The first-order valence-corrected chi connectivity index (χ1v) is 10.8. The van der Waals surface area contributed by atoms with E-state index in [0.29, 0.717) is 23.1 Å². The van der Waals surface area contributed by atoms with Gasteiger partial charge in [0, 0.05) is 31.7 Å². The molecule has 1 fully saturated rings. The SMILES string of the molecule is C[C@@H]1CN(c2ccc(C#N)c3nccnc23)C[C@H](C(=O)NCCS(C)(=O)=O)O1. The summed E-state index contributed by atoms with van der Waals surface area (Å²) in [6, 6.07) is 5.60. The lowest BCUT2D eigenvalue weighted by Gasteiger charge is -2.37. The molecular weight excluding hydrogens is 382 g/mol. The number of amides is 1. The average molecular weight is 403 g/mol. The normalized spacial score (nSPS) is 20.0. The number of carbonyl (C=O) groups excluding carboxylic acids is 1. The summed E-state index contributed by atoms with van der Waals surface area (Å²) in [4.78, 5) is 23.1. The summed E-state index contributed by atoms with van der Waals surface area (Å²) in [6.45, 7) is 2.73. The molecule has 2 aromatic rings. The van der Waals surface area contributed by atoms with Gasteiger partial charge in [-0.05, 0) is 19.1 Å². The molecule has 1 amide bonds. The van der Waals surface area contributed by atoms with E-state index in [-0.39, 0.29) is 30.9 Å². The Morgan fingerprint density at radius 1 is 1.32 bits per heavy atom. The molecule has 28 heavy (non-hydrogen) atoms. The lowest BCUT2D eigenvalue weighted by Crippen LogP contribution is -2.53. The van der Waals surface area contributed by atoms with Crippen LogP contribution in [0.25, 0.3) is 11.0 Å². The number of anilines is 1. The molecule has 2 atom stereocenters. The molecule has 10 heteroatoms. The standard InChI is InChI=1S/C18H21N5O4S/c1-12-10-23(11-15(27-12)18(24)22-7-8-28(2,25)26)14-4-3-13(9-19)16-17(14)21-6-5-20-16/h3-6,12,15H,7-8,10-11H2,1-2H3,(H,22,24)/t12-,15-/m1/s1. The third-order valence-electron chi connectivity index (χ3n) is 4.39. The van der Waals surface area contributed by atoms with E-state index in [0.717, 1.165) is 11.9 Å². The molecule has 1 aromatic heterocycles. The number of aromatic nitrogens is 2. The quantitative estimate of drug-likeness (QED) is 0.753. The molecule has 1 aliphatic heterocycles. The molecule has 1 aliphatic rings. The number of nitrogens with one attached hydrogen (secondary N) is 1.